The number of anilines is 1. The lowest BCUT2D eigenvalue weighted by Gasteiger charge is -2.16. The number of nitrogens with one attached hydrogen (secondary N) is 2. The molecule has 1 aromatic heterocycles. The fourth-order valence-corrected chi connectivity index (χ4v) is 4.75. The van der Waals surface area contributed by atoms with E-state index in [0.29, 0.717) is 29.1 Å². The first-order valence-electron chi connectivity index (χ1n) is 9.81. The lowest BCUT2D eigenvalue weighted by Crippen LogP contribution is -2.29. The summed E-state index contributed by atoms with van der Waals surface area (Å²) < 4.78 is 69.3. The van der Waals surface area contributed by atoms with Gasteiger partial charge in [0.15, 0.2) is 0 Å². The number of rotatable bonds is 6. The van der Waals surface area contributed by atoms with Gasteiger partial charge in [0.1, 0.15) is 5.82 Å². The van der Waals surface area contributed by atoms with Gasteiger partial charge in [-0.2, -0.15) is 13.2 Å². The van der Waals surface area contributed by atoms with Gasteiger partial charge < -0.3 is 9.88 Å². The van der Waals surface area contributed by atoms with E-state index in [1.165, 1.54) is 31.2 Å². The number of hydrogen-bond donors (Lipinski definition) is 2. The molecule has 0 radical (unpaired) electrons. The Morgan fingerprint density at radius 2 is 1.88 bits per heavy atom. The summed E-state index contributed by atoms with van der Waals surface area (Å²) in [5.74, 6) is 0.0274. The number of alkyl halides is 3. The van der Waals surface area contributed by atoms with E-state index in [1.54, 1.807) is 25.3 Å². The van der Waals surface area contributed by atoms with Gasteiger partial charge in [-0.15, -0.1) is 0 Å². The van der Waals surface area contributed by atoms with Crippen LogP contribution >= 0.6 is 0 Å². The Hall–Kier alpha value is -2.92. The van der Waals surface area contributed by atoms with E-state index in [1.807, 2.05) is 0 Å². The minimum absolute atomic E-state index is 0.00512. The number of carbonyl (C=O) groups excluding carboxylic acids is 1. The minimum Gasteiger partial charge on any atom is -0.327 e. The van der Waals surface area contributed by atoms with E-state index in [2.05, 4.69) is 15.0 Å². The van der Waals surface area contributed by atoms with Crippen molar-refractivity contribution in [3.05, 3.63) is 53.3 Å². The van der Waals surface area contributed by atoms with Gasteiger partial charge in [0.2, 0.25) is 15.9 Å². The highest BCUT2D eigenvalue weighted by Crippen LogP contribution is 2.32. The van der Waals surface area contributed by atoms with Gasteiger partial charge in [0.25, 0.3) is 0 Å². The molecular weight excluding hydrogens is 445 g/mol. The van der Waals surface area contributed by atoms with Crippen molar-refractivity contribution in [1.82, 2.24) is 14.3 Å². The largest absolute Gasteiger partial charge is 0.416 e. The van der Waals surface area contributed by atoms with Crippen LogP contribution in [0.4, 0.5) is 18.9 Å². The second-order valence-corrected chi connectivity index (χ2v) is 9.13. The van der Waals surface area contributed by atoms with Gasteiger partial charge >= 0.3 is 6.18 Å². The first kappa shape index (κ1) is 23.7. The third kappa shape index (κ3) is 4.78. The van der Waals surface area contributed by atoms with Crippen LogP contribution in [0.25, 0.3) is 11.0 Å². The van der Waals surface area contributed by atoms with Crippen LogP contribution in [0.2, 0.25) is 0 Å². The summed E-state index contributed by atoms with van der Waals surface area (Å²) in [6, 6.07) is 6.73. The first-order chi connectivity index (χ1) is 14.8. The zero-order valence-electron chi connectivity index (χ0n) is 17.9. The van der Waals surface area contributed by atoms with Crippen LogP contribution in [0, 0.1) is 6.92 Å². The van der Waals surface area contributed by atoms with E-state index < -0.39 is 27.8 Å². The number of amides is 1. The summed E-state index contributed by atoms with van der Waals surface area (Å²) in [4.78, 5) is 15.6. The number of fused-ring (bicyclic) bond motifs is 1. The highest BCUT2D eigenvalue weighted by molar-refractivity contribution is 7.89. The Morgan fingerprint density at radius 1 is 1.19 bits per heavy atom. The molecule has 0 fully saturated rings. The quantitative estimate of drug-likeness (QED) is 0.562. The van der Waals surface area contributed by atoms with E-state index in [-0.39, 0.29) is 16.3 Å². The molecule has 0 bridgehead atoms. The molecule has 172 valence electrons. The third-order valence-electron chi connectivity index (χ3n) is 4.96. The molecule has 32 heavy (non-hydrogen) atoms. The van der Waals surface area contributed by atoms with Gasteiger partial charge in [0.05, 0.1) is 27.5 Å². The average molecular weight is 469 g/mol. The predicted molar refractivity (Wildman–Crippen MR) is 115 cm³/mol. The molecule has 1 amide bonds. The standard InChI is InChI=1S/C21H23F3N4O3S/c1-5-28-19-11-15(21(22,23)24)6-8-18(19)26-20(28)13(3)27-32(30,31)16-7-9-17(12(2)10-16)25-14(4)29/h6-11,13,27H,5H2,1-4H3,(H,25,29)/t13-/m1/s1. The maximum Gasteiger partial charge on any atom is 0.416 e. The highest BCUT2D eigenvalue weighted by atomic mass is 32.2. The summed E-state index contributed by atoms with van der Waals surface area (Å²) in [6.07, 6.45) is -4.49. The molecule has 3 aromatic rings. The van der Waals surface area contributed by atoms with E-state index in [4.69, 9.17) is 0 Å². The van der Waals surface area contributed by atoms with Crippen molar-refractivity contribution >= 4 is 32.7 Å². The summed E-state index contributed by atoms with van der Waals surface area (Å²) in [6.45, 7) is 6.65. The molecule has 0 aliphatic carbocycles. The first-order valence-corrected chi connectivity index (χ1v) is 11.3. The molecule has 1 atom stereocenters. The lowest BCUT2D eigenvalue weighted by atomic mass is 10.2. The molecule has 2 aromatic carbocycles. The molecule has 0 saturated heterocycles. The van der Waals surface area contributed by atoms with Gasteiger partial charge in [-0.05, 0) is 62.7 Å². The maximum absolute atomic E-state index is 13.1. The molecule has 0 spiro atoms. The van der Waals surface area contributed by atoms with E-state index in [0.717, 1.165) is 12.1 Å². The lowest BCUT2D eigenvalue weighted by molar-refractivity contribution is -0.137. The summed E-state index contributed by atoms with van der Waals surface area (Å²) in [5.41, 5.74) is 0.887. The summed E-state index contributed by atoms with van der Waals surface area (Å²) >= 11 is 0. The maximum atomic E-state index is 13.1. The number of nitrogens with zero attached hydrogens (tertiary/aromatic N) is 2. The number of aryl methyl sites for hydroxylation is 2. The van der Waals surface area contributed by atoms with Crippen molar-refractivity contribution in [2.24, 2.45) is 0 Å². The Balaban J connectivity index is 1.94. The molecular formula is C21H23F3N4O3S. The zero-order valence-corrected chi connectivity index (χ0v) is 18.7. The molecule has 0 aliphatic heterocycles. The Bertz CT molecular complexity index is 1280. The monoisotopic (exact) mass is 468 g/mol. The second kappa shape index (κ2) is 8.55. The highest BCUT2D eigenvalue weighted by Gasteiger charge is 2.31. The predicted octanol–water partition coefficient (Wildman–Crippen LogP) is 4.38. The van der Waals surface area contributed by atoms with Crippen LogP contribution in [0.3, 0.4) is 0 Å². The van der Waals surface area contributed by atoms with Crippen molar-refractivity contribution < 1.29 is 26.4 Å². The van der Waals surface area contributed by atoms with E-state index in [9.17, 15) is 26.4 Å². The normalized spacial score (nSPS) is 13.3. The van der Waals surface area contributed by atoms with Crippen LogP contribution < -0.4 is 10.0 Å². The molecule has 0 unspecified atom stereocenters. The Kier molecular flexibility index (Phi) is 6.34. The molecule has 3 rings (SSSR count). The smallest absolute Gasteiger partial charge is 0.327 e. The number of halogens is 3. The molecule has 1 heterocycles. The Morgan fingerprint density at radius 3 is 2.44 bits per heavy atom. The van der Waals surface area contributed by atoms with Crippen molar-refractivity contribution in [3.63, 3.8) is 0 Å². The number of carbonyl (C=O) groups is 1. The molecule has 0 aliphatic rings. The second-order valence-electron chi connectivity index (χ2n) is 7.42. The van der Waals surface area contributed by atoms with Crippen molar-refractivity contribution in [3.8, 4) is 0 Å². The molecule has 11 heteroatoms. The third-order valence-corrected chi connectivity index (χ3v) is 6.50. The van der Waals surface area contributed by atoms with Gasteiger partial charge in [-0.25, -0.2) is 18.1 Å². The fourth-order valence-electron chi connectivity index (χ4n) is 3.47. The molecule has 7 nitrogen and oxygen atoms in total. The van der Waals surface area contributed by atoms with E-state index >= 15 is 0 Å². The SMILES string of the molecule is CCn1c([C@@H](C)NS(=O)(=O)c2ccc(NC(C)=O)c(C)c2)nc2ccc(C(F)(F)F)cc21. The van der Waals surface area contributed by atoms with Gasteiger partial charge in [0, 0.05) is 19.2 Å². The van der Waals surface area contributed by atoms with Crippen molar-refractivity contribution in [2.45, 2.75) is 51.4 Å². The summed E-state index contributed by atoms with van der Waals surface area (Å²) in [5, 5.41) is 2.62. The topological polar surface area (TPSA) is 93.1 Å². The average Bonchev–Trinajstić information content (AvgIpc) is 3.06. The Labute approximate surface area is 183 Å². The van der Waals surface area contributed by atoms with Crippen molar-refractivity contribution in [2.75, 3.05) is 5.32 Å². The van der Waals surface area contributed by atoms with Crippen LogP contribution in [-0.2, 0) is 27.5 Å². The van der Waals surface area contributed by atoms with Crippen LogP contribution in [-0.4, -0.2) is 23.9 Å². The fraction of sp³-hybridized carbons (Fsp3) is 0.333. The number of benzene rings is 2. The van der Waals surface area contributed by atoms with Crippen LogP contribution in [0.15, 0.2) is 41.3 Å². The number of sulfonamides is 1. The molecule has 2 N–H and O–H groups in total. The van der Waals surface area contributed by atoms with Crippen LogP contribution in [0.5, 0.6) is 0 Å². The van der Waals surface area contributed by atoms with Crippen LogP contribution in [0.1, 0.15) is 43.8 Å². The van der Waals surface area contributed by atoms with Gasteiger partial charge in [-0.3, -0.25) is 4.79 Å². The van der Waals surface area contributed by atoms with Gasteiger partial charge in [-0.1, -0.05) is 0 Å². The number of imidazole rings is 1. The van der Waals surface area contributed by atoms with Crippen molar-refractivity contribution in [1.29, 1.82) is 0 Å². The number of aromatic nitrogens is 2. The molecule has 0 saturated carbocycles. The number of hydrogen-bond acceptors (Lipinski definition) is 4. The minimum atomic E-state index is -4.49. The summed E-state index contributed by atoms with van der Waals surface area (Å²) in [7, 11) is -3.97. The zero-order chi connectivity index (χ0) is 23.8.